The van der Waals surface area contributed by atoms with Crippen molar-refractivity contribution < 1.29 is 26.8 Å². The summed E-state index contributed by atoms with van der Waals surface area (Å²) in [4.78, 5) is 26.1. The lowest BCUT2D eigenvalue weighted by Crippen LogP contribution is -2.73. The van der Waals surface area contributed by atoms with Crippen molar-refractivity contribution in [3.63, 3.8) is 0 Å². The summed E-state index contributed by atoms with van der Waals surface area (Å²) in [6.07, 6.45) is 4.77. The van der Waals surface area contributed by atoms with Crippen molar-refractivity contribution in [1.29, 1.82) is 0 Å². The third kappa shape index (κ3) is 3.56. The van der Waals surface area contributed by atoms with Gasteiger partial charge in [-0.1, -0.05) is 31.4 Å². The fourth-order valence-electron chi connectivity index (χ4n) is 6.12. The Kier molecular flexibility index (Phi) is 5.32. The molecule has 0 radical (unpaired) electrons. The molecule has 4 fully saturated rings. The van der Waals surface area contributed by atoms with Gasteiger partial charge in [0.2, 0.25) is 11.8 Å². The van der Waals surface area contributed by atoms with Crippen LogP contribution in [0.25, 0.3) is 0 Å². The molecule has 4 aliphatic rings. The second-order valence-corrected chi connectivity index (χ2v) is 12.1. The summed E-state index contributed by atoms with van der Waals surface area (Å²) >= 11 is 0. The van der Waals surface area contributed by atoms with Crippen molar-refractivity contribution >= 4 is 21.7 Å². The summed E-state index contributed by atoms with van der Waals surface area (Å²) in [6.45, 7) is 0.300. The van der Waals surface area contributed by atoms with E-state index in [1.54, 1.807) is 12.1 Å². The van der Waals surface area contributed by atoms with E-state index in [0.717, 1.165) is 36.1 Å². The van der Waals surface area contributed by atoms with Crippen LogP contribution < -0.4 is 11.1 Å². The van der Waals surface area contributed by atoms with Gasteiger partial charge in [0, 0.05) is 31.5 Å². The Labute approximate surface area is 192 Å². The number of primary amides is 1. The molecule has 33 heavy (non-hydrogen) atoms. The first-order valence-corrected chi connectivity index (χ1v) is 13.1. The molecule has 180 valence electrons. The van der Waals surface area contributed by atoms with Gasteiger partial charge in [0.25, 0.3) is 5.92 Å². The molecule has 2 saturated heterocycles. The fraction of sp³-hybridized carbons (Fsp3) is 0.652. The molecule has 1 spiro atoms. The van der Waals surface area contributed by atoms with Gasteiger partial charge in [0.1, 0.15) is 11.3 Å². The number of sulfone groups is 1. The maximum atomic E-state index is 13.9. The molecule has 2 saturated carbocycles. The van der Waals surface area contributed by atoms with E-state index in [1.807, 2.05) is 6.07 Å². The van der Waals surface area contributed by atoms with E-state index >= 15 is 0 Å². The van der Waals surface area contributed by atoms with E-state index in [0.29, 0.717) is 0 Å². The third-order valence-corrected chi connectivity index (χ3v) is 10.3. The monoisotopic (exact) mass is 481 g/mol. The number of likely N-dealkylation sites (tertiary alicyclic amines) is 1. The van der Waals surface area contributed by atoms with E-state index < -0.39 is 56.6 Å². The minimum Gasteiger partial charge on any atom is -0.369 e. The topological polar surface area (TPSA) is 110 Å². The maximum Gasteiger partial charge on any atom is 0.260 e. The van der Waals surface area contributed by atoms with Crippen LogP contribution in [-0.2, 0) is 19.4 Å². The van der Waals surface area contributed by atoms with Gasteiger partial charge >= 0.3 is 0 Å². The summed E-state index contributed by atoms with van der Waals surface area (Å²) in [5.74, 6) is -6.65. The van der Waals surface area contributed by atoms with E-state index in [-0.39, 0.29) is 30.4 Å². The number of rotatable bonds is 5. The number of nitrogens with one attached hydrogen (secondary N) is 1. The number of nitrogens with two attached hydrogens (primary N) is 1. The Balaban J connectivity index is 1.52. The number of nitrogens with zero attached hydrogens (tertiary/aromatic N) is 1. The molecule has 10 heteroatoms. The van der Waals surface area contributed by atoms with Crippen molar-refractivity contribution in [2.24, 2.45) is 23.0 Å². The summed E-state index contributed by atoms with van der Waals surface area (Å²) in [6, 6.07) is 6.77. The number of carbonyl (C=O) groups excluding carboxylic acids is 2. The average Bonchev–Trinajstić information content (AvgIpc) is 3.19. The minimum absolute atomic E-state index is 0.0603. The molecule has 7 nitrogen and oxygen atoms in total. The molecule has 1 aromatic rings. The molecule has 2 aliphatic heterocycles. The highest BCUT2D eigenvalue weighted by atomic mass is 32.2. The Hall–Kier alpha value is -2.07. The SMILES string of the molecule is NC(=O)C1CNCC12CN(C(=O)[C@H]1CC1(F)F)C2S(=O)(=O)c1cccc(C2CCCCC2)c1. The number of amides is 2. The van der Waals surface area contributed by atoms with Crippen molar-refractivity contribution in [3.05, 3.63) is 29.8 Å². The van der Waals surface area contributed by atoms with Gasteiger partial charge in [0.15, 0.2) is 9.84 Å². The van der Waals surface area contributed by atoms with Gasteiger partial charge in [-0.15, -0.1) is 0 Å². The minimum atomic E-state index is -4.15. The zero-order valence-electron chi connectivity index (χ0n) is 18.3. The number of hydrogen-bond acceptors (Lipinski definition) is 5. The lowest BCUT2D eigenvalue weighted by molar-refractivity contribution is -0.156. The molecule has 0 aromatic heterocycles. The van der Waals surface area contributed by atoms with E-state index in [9.17, 15) is 26.8 Å². The van der Waals surface area contributed by atoms with Crippen LogP contribution in [0.5, 0.6) is 0 Å². The second-order valence-electron chi connectivity index (χ2n) is 10.1. The smallest absolute Gasteiger partial charge is 0.260 e. The van der Waals surface area contributed by atoms with Crippen LogP contribution in [-0.4, -0.2) is 56.1 Å². The van der Waals surface area contributed by atoms with Crippen molar-refractivity contribution in [2.75, 3.05) is 19.6 Å². The molecular weight excluding hydrogens is 452 g/mol. The maximum absolute atomic E-state index is 13.9. The van der Waals surface area contributed by atoms with Crippen molar-refractivity contribution in [3.8, 4) is 0 Å². The van der Waals surface area contributed by atoms with Crippen LogP contribution in [0.4, 0.5) is 8.78 Å². The first-order valence-electron chi connectivity index (χ1n) is 11.6. The van der Waals surface area contributed by atoms with Gasteiger partial charge in [-0.2, -0.15) is 0 Å². The van der Waals surface area contributed by atoms with Gasteiger partial charge in [-0.25, -0.2) is 17.2 Å². The number of halogens is 2. The Morgan fingerprint density at radius 1 is 1.12 bits per heavy atom. The van der Waals surface area contributed by atoms with E-state index in [1.165, 1.54) is 12.5 Å². The van der Waals surface area contributed by atoms with Gasteiger partial charge in [-0.05, 0) is 36.5 Å². The van der Waals surface area contributed by atoms with Gasteiger partial charge in [-0.3, -0.25) is 9.59 Å². The van der Waals surface area contributed by atoms with Crippen molar-refractivity contribution in [1.82, 2.24) is 10.2 Å². The van der Waals surface area contributed by atoms with Crippen LogP contribution in [0.15, 0.2) is 29.2 Å². The molecule has 0 bridgehead atoms. The molecular formula is C23H29F2N3O4S. The lowest BCUT2D eigenvalue weighted by Gasteiger charge is -2.56. The second kappa shape index (κ2) is 7.73. The van der Waals surface area contributed by atoms with Crippen LogP contribution in [0.2, 0.25) is 0 Å². The fourth-order valence-corrected chi connectivity index (χ4v) is 8.40. The highest BCUT2D eigenvalue weighted by Gasteiger charge is 2.71. The first kappa shape index (κ1) is 22.7. The Morgan fingerprint density at radius 2 is 1.82 bits per heavy atom. The molecule has 2 heterocycles. The molecule has 3 N–H and O–H groups in total. The summed E-state index contributed by atoms with van der Waals surface area (Å²) < 4.78 is 55.2. The summed E-state index contributed by atoms with van der Waals surface area (Å²) in [7, 11) is -4.15. The van der Waals surface area contributed by atoms with Crippen LogP contribution in [0, 0.1) is 17.3 Å². The zero-order valence-corrected chi connectivity index (χ0v) is 19.1. The lowest BCUT2D eigenvalue weighted by atomic mass is 9.70. The first-order chi connectivity index (χ1) is 15.6. The number of benzene rings is 1. The van der Waals surface area contributed by atoms with Crippen molar-refractivity contribution in [2.45, 2.75) is 60.6 Å². The number of carbonyl (C=O) groups is 2. The largest absolute Gasteiger partial charge is 0.369 e. The highest BCUT2D eigenvalue weighted by Crippen LogP contribution is 2.55. The summed E-state index contributed by atoms with van der Waals surface area (Å²) in [5.41, 5.74) is 5.41. The van der Waals surface area contributed by atoms with Gasteiger partial charge < -0.3 is 16.0 Å². The van der Waals surface area contributed by atoms with E-state index in [2.05, 4.69) is 5.32 Å². The number of alkyl halides is 2. The zero-order chi connectivity index (χ0) is 23.6. The standard InChI is InChI=1S/C23H29F2N3O4S/c24-23(25)10-17(23)20(30)28-13-22(12-27-11-18(22)19(26)29)21(28)33(31,32)16-8-4-7-15(9-16)14-5-2-1-3-6-14/h4,7-9,14,17-18,21,27H,1-3,5-6,10-13H2,(H2,26,29)/t17-,18?,21?,22?/m1/s1. The van der Waals surface area contributed by atoms with Gasteiger partial charge in [0.05, 0.1) is 10.8 Å². The molecule has 2 amide bonds. The normalized spacial score (nSPS) is 33.6. The number of hydrogen-bond donors (Lipinski definition) is 2. The molecule has 3 unspecified atom stereocenters. The molecule has 5 rings (SSSR count). The average molecular weight is 482 g/mol. The van der Waals surface area contributed by atoms with Crippen LogP contribution in [0.3, 0.4) is 0 Å². The molecule has 4 atom stereocenters. The van der Waals surface area contributed by atoms with Crippen LogP contribution >= 0.6 is 0 Å². The van der Waals surface area contributed by atoms with Crippen LogP contribution in [0.1, 0.15) is 50.0 Å². The molecule has 1 aromatic carbocycles. The summed E-state index contributed by atoms with van der Waals surface area (Å²) in [5, 5.41) is 1.63. The third-order valence-electron chi connectivity index (χ3n) is 8.04. The predicted molar refractivity (Wildman–Crippen MR) is 116 cm³/mol. The quantitative estimate of drug-likeness (QED) is 0.669. The Morgan fingerprint density at radius 3 is 2.45 bits per heavy atom. The van der Waals surface area contributed by atoms with E-state index in [4.69, 9.17) is 5.73 Å². The predicted octanol–water partition coefficient (Wildman–Crippen LogP) is 2.02. The Bertz CT molecular complexity index is 1090. The molecule has 2 aliphatic carbocycles. The highest BCUT2D eigenvalue weighted by molar-refractivity contribution is 7.92.